The zero-order chi connectivity index (χ0) is 15.6. The molecule has 0 spiro atoms. The number of benzene rings is 2. The van der Waals surface area contributed by atoms with Crippen molar-refractivity contribution in [1.82, 2.24) is 0 Å². The molecular formula is C15H12BrFN2O2. The molecule has 0 saturated heterocycles. The second-order valence-corrected chi connectivity index (χ2v) is 5.39. The summed E-state index contributed by atoms with van der Waals surface area (Å²) in [5, 5.41) is 2.45. The van der Waals surface area contributed by atoms with E-state index in [0.29, 0.717) is 5.56 Å². The largest absolute Gasteiger partial charge is 0.366 e. The van der Waals surface area contributed by atoms with Crippen molar-refractivity contribution < 1.29 is 14.0 Å². The van der Waals surface area contributed by atoms with Gasteiger partial charge in [0.1, 0.15) is 5.82 Å². The van der Waals surface area contributed by atoms with Crippen molar-refractivity contribution >= 4 is 33.4 Å². The first-order chi connectivity index (χ1) is 9.88. The van der Waals surface area contributed by atoms with Crippen molar-refractivity contribution in [3.8, 4) is 0 Å². The fourth-order valence-corrected chi connectivity index (χ4v) is 2.16. The molecule has 0 aliphatic carbocycles. The molecule has 0 aliphatic rings. The highest BCUT2D eigenvalue weighted by Gasteiger charge is 2.13. The van der Waals surface area contributed by atoms with E-state index in [1.54, 1.807) is 25.1 Å². The van der Waals surface area contributed by atoms with Gasteiger partial charge in [-0.2, -0.15) is 0 Å². The van der Waals surface area contributed by atoms with Crippen molar-refractivity contribution in [1.29, 1.82) is 0 Å². The Morgan fingerprint density at radius 2 is 1.90 bits per heavy atom. The van der Waals surface area contributed by atoms with Gasteiger partial charge in [0, 0.05) is 15.6 Å². The molecule has 0 saturated carbocycles. The molecule has 0 aliphatic heterocycles. The monoisotopic (exact) mass is 350 g/mol. The second-order valence-electron chi connectivity index (χ2n) is 4.47. The Bertz CT molecular complexity index is 732. The summed E-state index contributed by atoms with van der Waals surface area (Å²) in [6, 6.07) is 8.78. The van der Waals surface area contributed by atoms with Crippen LogP contribution >= 0.6 is 15.9 Å². The molecule has 0 heterocycles. The van der Waals surface area contributed by atoms with Crippen molar-refractivity contribution in [2.45, 2.75) is 6.92 Å². The lowest BCUT2D eigenvalue weighted by Gasteiger charge is -2.10. The molecule has 0 fully saturated rings. The molecular weight excluding hydrogens is 339 g/mol. The number of halogens is 2. The minimum Gasteiger partial charge on any atom is -0.366 e. The molecule has 108 valence electrons. The zero-order valence-electron chi connectivity index (χ0n) is 11.1. The van der Waals surface area contributed by atoms with Crippen LogP contribution in [0.4, 0.5) is 10.1 Å². The molecule has 0 bridgehead atoms. The van der Waals surface area contributed by atoms with Crippen LogP contribution in [0, 0.1) is 12.7 Å². The predicted molar refractivity (Wildman–Crippen MR) is 81.8 cm³/mol. The number of nitrogens with one attached hydrogen (secondary N) is 1. The first-order valence-corrected chi connectivity index (χ1v) is 6.84. The molecule has 0 aromatic heterocycles. The molecule has 2 aromatic carbocycles. The molecule has 21 heavy (non-hydrogen) atoms. The summed E-state index contributed by atoms with van der Waals surface area (Å²) in [7, 11) is 0. The van der Waals surface area contributed by atoms with Gasteiger partial charge < -0.3 is 11.1 Å². The van der Waals surface area contributed by atoms with E-state index in [2.05, 4.69) is 21.2 Å². The van der Waals surface area contributed by atoms with E-state index < -0.39 is 17.6 Å². The average Bonchev–Trinajstić information content (AvgIpc) is 2.43. The number of carbonyl (C=O) groups is 2. The number of primary amides is 1. The Hall–Kier alpha value is -2.21. The van der Waals surface area contributed by atoms with Crippen LogP contribution in [0.25, 0.3) is 0 Å². The minimum absolute atomic E-state index is 0.0873. The van der Waals surface area contributed by atoms with E-state index in [-0.39, 0.29) is 11.3 Å². The molecule has 2 aromatic rings. The highest BCUT2D eigenvalue weighted by Crippen LogP contribution is 2.20. The summed E-state index contributed by atoms with van der Waals surface area (Å²) in [4.78, 5) is 23.3. The standard InChI is InChI=1S/C15H12BrFN2O2/c1-8-2-4-10(16)7-11(8)15(21)19-13-6-9(14(18)20)3-5-12(13)17/h2-7H,1H3,(H2,18,20)(H,19,21). The van der Waals surface area contributed by atoms with Gasteiger partial charge in [-0.05, 0) is 42.8 Å². The van der Waals surface area contributed by atoms with Crippen molar-refractivity contribution in [3.05, 3.63) is 63.4 Å². The first kappa shape index (κ1) is 15.2. The Morgan fingerprint density at radius 1 is 1.19 bits per heavy atom. The SMILES string of the molecule is Cc1ccc(Br)cc1C(=O)Nc1cc(C(N)=O)ccc1F. The smallest absolute Gasteiger partial charge is 0.256 e. The summed E-state index contributed by atoms with van der Waals surface area (Å²) < 4.78 is 14.5. The van der Waals surface area contributed by atoms with Crippen molar-refractivity contribution in [3.63, 3.8) is 0 Å². The Balaban J connectivity index is 2.33. The third-order valence-electron chi connectivity index (χ3n) is 2.94. The fraction of sp³-hybridized carbons (Fsp3) is 0.0667. The maximum absolute atomic E-state index is 13.7. The van der Waals surface area contributed by atoms with E-state index in [1.807, 2.05) is 0 Å². The van der Waals surface area contributed by atoms with E-state index in [1.165, 1.54) is 12.1 Å². The van der Waals surface area contributed by atoms with Crippen LogP contribution in [0.5, 0.6) is 0 Å². The van der Waals surface area contributed by atoms with E-state index in [4.69, 9.17) is 5.73 Å². The Labute approximate surface area is 129 Å². The van der Waals surface area contributed by atoms with Crippen LogP contribution in [-0.2, 0) is 0 Å². The van der Waals surface area contributed by atoms with Gasteiger partial charge in [-0.15, -0.1) is 0 Å². The predicted octanol–water partition coefficient (Wildman–Crippen LogP) is 3.25. The number of nitrogens with two attached hydrogens (primary N) is 1. The molecule has 2 rings (SSSR count). The van der Waals surface area contributed by atoms with Crippen molar-refractivity contribution in [2.75, 3.05) is 5.32 Å². The van der Waals surface area contributed by atoms with Gasteiger partial charge >= 0.3 is 0 Å². The lowest BCUT2D eigenvalue weighted by molar-refractivity contribution is 0.0996. The molecule has 6 heteroatoms. The van der Waals surface area contributed by atoms with Gasteiger partial charge in [0.15, 0.2) is 0 Å². The van der Waals surface area contributed by atoms with Crippen LogP contribution in [0.3, 0.4) is 0 Å². The molecule has 0 unspecified atom stereocenters. The minimum atomic E-state index is -0.691. The lowest BCUT2D eigenvalue weighted by Crippen LogP contribution is -2.16. The second kappa shape index (κ2) is 6.05. The lowest BCUT2D eigenvalue weighted by atomic mass is 10.1. The van der Waals surface area contributed by atoms with Gasteiger partial charge in [0.25, 0.3) is 5.91 Å². The van der Waals surface area contributed by atoms with E-state index >= 15 is 0 Å². The maximum Gasteiger partial charge on any atom is 0.256 e. The summed E-state index contributed by atoms with van der Waals surface area (Å²) in [5.74, 6) is -1.79. The molecule has 4 nitrogen and oxygen atoms in total. The van der Waals surface area contributed by atoms with Crippen LogP contribution in [0.15, 0.2) is 40.9 Å². The zero-order valence-corrected chi connectivity index (χ0v) is 12.7. The van der Waals surface area contributed by atoms with Gasteiger partial charge in [0.2, 0.25) is 5.91 Å². The quantitative estimate of drug-likeness (QED) is 0.891. The van der Waals surface area contributed by atoms with E-state index in [0.717, 1.165) is 16.1 Å². The molecule has 0 atom stereocenters. The Kier molecular flexibility index (Phi) is 4.37. The van der Waals surface area contributed by atoms with Crippen LogP contribution in [-0.4, -0.2) is 11.8 Å². The van der Waals surface area contributed by atoms with Gasteiger partial charge in [0.05, 0.1) is 5.69 Å². The van der Waals surface area contributed by atoms with Crippen LogP contribution in [0.1, 0.15) is 26.3 Å². The number of anilines is 1. The fourth-order valence-electron chi connectivity index (χ4n) is 1.80. The van der Waals surface area contributed by atoms with Crippen LogP contribution < -0.4 is 11.1 Å². The Morgan fingerprint density at radius 3 is 2.57 bits per heavy atom. The average molecular weight is 351 g/mol. The number of aryl methyl sites for hydroxylation is 1. The summed E-state index contributed by atoms with van der Waals surface area (Å²) in [6.07, 6.45) is 0. The summed E-state index contributed by atoms with van der Waals surface area (Å²) in [5.41, 5.74) is 6.34. The number of hydrogen-bond donors (Lipinski definition) is 2. The van der Waals surface area contributed by atoms with Gasteiger partial charge in [-0.1, -0.05) is 22.0 Å². The number of hydrogen-bond acceptors (Lipinski definition) is 2. The number of amides is 2. The molecule has 2 amide bonds. The highest BCUT2D eigenvalue weighted by atomic mass is 79.9. The van der Waals surface area contributed by atoms with Gasteiger partial charge in [-0.3, -0.25) is 9.59 Å². The topological polar surface area (TPSA) is 72.2 Å². The van der Waals surface area contributed by atoms with E-state index in [9.17, 15) is 14.0 Å². The summed E-state index contributed by atoms with van der Waals surface area (Å²) in [6.45, 7) is 1.78. The number of carbonyl (C=O) groups excluding carboxylic acids is 2. The third kappa shape index (κ3) is 3.46. The number of rotatable bonds is 3. The van der Waals surface area contributed by atoms with Crippen LogP contribution in [0.2, 0.25) is 0 Å². The third-order valence-corrected chi connectivity index (χ3v) is 3.44. The maximum atomic E-state index is 13.7. The summed E-state index contributed by atoms with van der Waals surface area (Å²) >= 11 is 3.28. The van der Waals surface area contributed by atoms with Crippen molar-refractivity contribution in [2.24, 2.45) is 5.73 Å². The molecule has 3 N–H and O–H groups in total. The highest BCUT2D eigenvalue weighted by molar-refractivity contribution is 9.10. The molecule has 0 radical (unpaired) electrons. The normalized spacial score (nSPS) is 10.2. The van der Waals surface area contributed by atoms with Gasteiger partial charge in [-0.25, -0.2) is 4.39 Å². The first-order valence-electron chi connectivity index (χ1n) is 6.05.